The lowest BCUT2D eigenvalue weighted by Crippen LogP contribution is -2.20. The largest absolute Gasteiger partial charge is 0.493 e. The molecule has 98 valence electrons. The van der Waals surface area contributed by atoms with Crippen molar-refractivity contribution >= 4 is 5.84 Å². The Morgan fingerprint density at radius 3 is 2.72 bits per heavy atom. The zero-order valence-corrected chi connectivity index (χ0v) is 10.7. The second-order valence-electron chi connectivity index (χ2n) is 3.85. The molecular formula is C13H18N2O3. The molecule has 1 aliphatic rings. The van der Waals surface area contributed by atoms with Crippen molar-refractivity contribution in [1.29, 1.82) is 0 Å². The van der Waals surface area contributed by atoms with Crippen LogP contribution < -0.4 is 19.5 Å². The van der Waals surface area contributed by atoms with Gasteiger partial charge in [-0.05, 0) is 12.1 Å². The highest BCUT2D eigenvalue weighted by Crippen LogP contribution is 2.36. The van der Waals surface area contributed by atoms with Gasteiger partial charge in [0.25, 0.3) is 0 Å². The van der Waals surface area contributed by atoms with Gasteiger partial charge in [0.15, 0.2) is 11.5 Å². The average molecular weight is 250 g/mol. The molecule has 0 bridgehead atoms. The van der Waals surface area contributed by atoms with E-state index in [4.69, 9.17) is 14.2 Å². The van der Waals surface area contributed by atoms with Gasteiger partial charge in [-0.1, -0.05) is 6.07 Å². The van der Waals surface area contributed by atoms with E-state index in [2.05, 4.69) is 10.3 Å². The number of nitrogens with zero attached hydrogens (tertiary/aromatic N) is 1. The van der Waals surface area contributed by atoms with Gasteiger partial charge in [-0.3, -0.25) is 4.99 Å². The summed E-state index contributed by atoms with van der Waals surface area (Å²) in [7, 11) is 3.21. The summed E-state index contributed by atoms with van der Waals surface area (Å²) in [5.41, 5.74) is 0. The summed E-state index contributed by atoms with van der Waals surface area (Å²) in [6.45, 7) is 2.35. The number of benzene rings is 1. The van der Waals surface area contributed by atoms with Crippen LogP contribution in [-0.2, 0) is 0 Å². The molecule has 0 fully saturated rings. The van der Waals surface area contributed by atoms with E-state index >= 15 is 0 Å². The van der Waals surface area contributed by atoms with Crippen LogP contribution in [0.3, 0.4) is 0 Å². The SMILES string of the molecule is COc1cccc(OCCC2=NCCN2)c1OC. The Hall–Kier alpha value is -1.91. The van der Waals surface area contributed by atoms with E-state index < -0.39 is 0 Å². The van der Waals surface area contributed by atoms with Crippen molar-refractivity contribution in [3.05, 3.63) is 18.2 Å². The average Bonchev–Trinajstić information content (AvgIpc) is 2.91. The Balaban J connectivity index is 1.95. The lowest BCUT2D eigenvalue weighted by molar-refractivity contribution is 0.290. The third kappa shape index (κ3) is 2.85. The number of nitrogens with one attached hydrogen (secondary N) is 1. The summed E-state index contributed by atoms with van der Waals surface area (Å²) in [4.78, 5) is 4.31. The Labute approximate surface area is 107 Å². The topological polar surface area (TPSA) is 52.1 Å². The number of aliphatic imine (C=N–C) groups is 1. The van der Waals surface area contributed by atoms with Gasteiger partial charge in [0.1, 0.15) is 0 Å². The molecule has 0 radical (unpaired) electrons. The van der Waals surface area contributed by atoms with Crippen LogP contribution >= 0.6 is 0 Å². The van der Waals surface area contributed by atoms with Gasteiger partial charge >= 0.3 is 0 Å². The molecule has 1 N–H and O–H groups in total. The van der Waals surface area contributed by atoms with Crippen LogP contribution in [0.5, 0.6) is 17.2 Å². The first kappa shape index (κ1) is 12.5. The number of para-hydroxylation sites is 1. The van der Waals surface area contributed by atoms with E-state index in [1.807, 2.05) is 18.2 Å². The molecule has 18 heavy (non-hydrogen) atoms. The molecule has 0 saturated heterocycles. The van der Waals surface area contributed by atoms with Crippen LogP contribution in [0.15, 0.2) is 23.2 Å². The molecular weight excluding hydrogens is 232 g/mol. The Kier molecular flexibility index (Phi) is 4.28. The molecule has 1 aromatic rings. The van der Waals surface area contributed by atoms with Gasteiger partial charge in [0.05, 0.1) is 33.2 Å². The van der Waals surface area contributed by atoms with E-state index in [-0.39, 0.29) is 0 Å². The summed E-state index contributed by atoms with van der Waals surface area (Å²) in [5, 5.41) is 3.21. The van der Waals surface area contributed by atoms with Gasteiger partial charge < -0.3 is 19.5 Å². The molecule has 0 aliphatic carbocycles. The first-order chi connectivity index (χ1) is 8.85. The minimum absolute atomic E-state index is 0.565. The van der Waals surface area contributed by atoms with Crippen molar-refractivity contribution in [3.8, 4) is 17.2 Å². The van der Waals surface area contributed by atoms with Crippen LogP contribution in [0, 0.1) is 0 Å². The second kappa shape index (κ2) is 6.14. The van der Waals surface area contributed by atoms with Crippen molar-refractivity contribution in [1.82, 2.24) is 5.32 Å². The van der Waals surface area contributed by atoms with Crippen LogP contribution in [0.1, 0.15) is 6.42 Å². The molecule has 2 rings (SSSR count). The van der Waals surface area contributed by atoms with E-state index in [1.165, 1.54) is 0 Å². The lowest BCUT2D eigenvalue weighted by atomic mass is 10.3. The standard InChI is InChI=1S/C13H18N2O3/c1-16-10-4-3-5-11(13(10)17-2)18-9-6-12-14-7-8-15-12/h3-5H,6-9H2,1-2H3,(H,14,15). The third-order valence-corrected chi connectivity index (χ3v) is 2.71. The van der Waals surface area contributed by atoms with Crippen molar-refractivity contribution in [2.45, 2.75) is 6.42 Å². The number of rotatable bonds is 6. The number of ether oxygens (including phenoxy) is 3. The number of hydrogen-bond donors (Lipinski definition) is 1. The van der Waals surface area contributed by atoms with Crippen LogP contribution in [-0.4, -0.2) is 39.8 Å². The van der Waals surface area contributed by atoms with E-state index in [0.717, 1.165) is 25.3 Å². The summed E-state index contributed by atoms with van der Waals surface area (Å²) in [6.07, 6.45) is 0.778. The van der Waals surface area contributed by atoms with Crippen LogP contribution in [0.2, 0.25) is 0 Å². The maximum atomic E-state index is 5.71. The Morgan fingerprint density at radius 1 is 1.22 bits per heavy atom. The van der Waals surface area contributed by atoms with Gasteiger partial charge in [0, 0.05) is 13.0 Å². The van der Waals surface area contributed by atoms with Gasteiger partial charge in [-0.25, -0.2) is 0 Å². The first-order valence-electron chi connectivity index (χ1n) is 5.96. The smallest absolute Gasteiger partial charge is 0.203 e. The lowest BCUT2D eigenvalue weighted by Gasteiger charge is -2.13. The zero-order valence-electron chi connectivity index (χ0n) is 10.7. The fourth-order valence-corrected chi connectivity index (χ4v) is 1.84. The minimum atomic E-state index is 0.565. The molecule has 1 aromatic carbocycles. The third-order valence-electron chi connectivity index (χ3n) is 2.71. The second-order valence-corrected chi connectivity index (χ2v) is 3.85. The molecule has 0 spiro atoms. The molecule has 0 aromatic heterocycles. The van der Waals surface area contributed by atoms with E-state index in [1.54, 1.807) is 14.2 Å². The fraction of sp³-hybridized carbons (Fsp3) is 0.462. The molecule has 0 atom stereocenters. The summed E-state index contributed by atoms with van der Waals surface area (Å²) in [6, 6.07) is 5.58. The van der Waals surface area contributed by atoms with E-state index in [0.29, 0.717) is 23.9 Å². The predicted molar refractivity (Wildman–Crippen MR) is 70.0 cm³/mol. The summed E-state index contributed by atoms with van der Waals surface area (Å²) < 4.78 is 16.2. The predicted octanol–water partition coefficient (Wildman–Crippen LogP) is 1.47. The van der Waals surface area contributed by atoms with E-state index in [9.17, 15) is 0 Å². The number of methoxy groups -OCH3 is 2. The normalized spacial score (nSPS) is 13.8. The zero-order chi connectivity index (χ0) is 12.8. The van der Waals surface area contributed by atoms with Gasteiger partial charge in [-0.15, -0.1) is 0 Å². The van der Waals surface area contributed by atoms with Gasteiger partial charge in [0.2, 0.25) is 5.75 Å². The molecule has 5 heteroatoms. The summed E-state index contributed by atoms with van der Waals surface area (Å²) in [5.74, 6) is 3.00. The number of amidine groups is 1. The molecule has 5 nitrogen and oxygen atoms in total. The number of hydrogen-bond acceptors (Lipinski definition) is 5. The van der Waals surface area contributed by atoms with Gasteiger partial charge in [-0.2, -0.15) is 0 Å². The molecule has 1 heterocycles. The quantitative estimate of drug-likeness (QED) is 0.830. The molecule has 1 aliphatic heterocycles. The van der Waals surface area contributed by atoms with Crippen molar-refractivity contribution in [2.24, 2.45) is 4.99 Å². The monoisotopic (exact) mass is 250 g/mol. The highest BCUT2D eigenvalue weighted by Gasteiger charge is 2.11. The molecule has 0 amide bonds. The Morgan fingerprint density at radius 2 is 2.06 bits per heavy atom. The van der Waals surface area contributed by atoms with Crippen molar-refractivity contribution in [2.75, 3.05) is 33.9 Å². The van der Waals surface area contributed by atoms with Crippen molar-refractivity contribution < 1.29 is 14.2 Å². The van der Waals surface area contributed by atoms with Crippen molar-refractivity contribution in [3.63, 3.8) is 0 Å². The maximum Gasteiger partial charge on any atom is 0.203 e. The molecule has 0 saturated carbocycles. The fourth-order valence-electron chi connectivity index (χ4n) is 1.84. The minimum Gasteiger partial charge on any atom is -0.493 e. The summed E-state index contributed by atoms with van der Waals surface area (Å²) >= 11 is 0. The highest BCUT2D eigenvalue weighted by molar-refractivity contribution is 5.83. The van der Waals surface area contributed by atoms with Crippen LogP contribution in [0.25, 0.3) is 0 Å². The first-order valence-corrected chi connectivity index (χ1v) is 5.96. The van der Waals surface area contributed by atoms with Crippen LogP contribution in [0.4, 0.5) is 0 Å². The molecule has 0 unspecified atom stereocenters. The highest BCUT2D eigenvalue weighted by atomic mass is 16.5. The maximum absolute atomic E-state index is 5.71. The Bertz CT molecular complexity index is 432.